The third-order valence-corrected chi connectivity index (χ3v) is 3.86. The van der Waals surface area contributed by atoms with Crippen LogP contribution in [0.3, 0.4) is 0 Å². The van der Waals surface area contributed by atoms with Crippen molar-refractivity contribution in [2.45, 2.75) is 0 Å². The molecule has 26 heavy (non-hydrogen) atoms. The predicted octanol–water partition coefficient (Wildman–Crippen LogP) is 1.77. The minimum absolute atomic E-state index is 0.0351. The van der Waals surface area contributed by atoms with Crippen LogP contribution >= 0.6 is 0 Å². The summed E-state index contributed by atoms with van der Waals surface area (Å²) in [6.45, 7) is -0.440. The Kier molecular flexibility index (Phi) is 4.36. The number of para-hydroxylation sites is 1. The van der Waals surface area contributed by atoms with Crippen LogP contribution in [0.2, 0.25) is 0 Å². The monoisotopic (exact) mass is 355 g/mol. The van der Waals surface area contributed by atoms with Gasteiger partial charge >= 0.3 is 0 Å². The lowest BCUT2D eigenvalue weighted by atomic mass is 10.1. The third-order valence-electron chi connectivity index (χ3n) is 3.86. The van der Waals surface area contributed by atoms with Crippen LogP contribution in [0.1, 0.15) is 10.4 Å². The number of fused-ring (bicyclic) bond motifs is 1. The van der Waals surface area contributed by atoms with Crippen molar-refractivity contribution in [2.75, 3.05) is 23.9 Å². The summed E-state index contributed by atoms with van der Waals surface area (Å²) >= 11 is 0. The van der Waals surface area contributed by atoms with Crippen LogP contribution in [0.4, 0.5) is 17.1 Å². The zero-order valence-electron chi connectivity index (χ0n) is 13.6. The molecule has 1 aliphatic rings. The van der Waals surface area contributed by atoms with Gasteiger partial charge in [0.2, 0.25) is 5.91 Å². The number of Topliss-reactive ketones (excluding diaryl/α,β-unsaturated/α-hetero) is 1. The van der Waals surface area contributed by atoms with E-state index in [1.165, 1.54) is 31.4 Å². The molecule has 0 saturated heterocycles. The topological polar surface area (TPSA) is 119 Å². The van der Waals surface area contributed by atoms with Crippen molar-refractivity contribution in [3.05, 3.63) is 58.1 Å². The molecule has 1 N–H and O–H groups in total. The average molecular weight is 355 g/mol. The maximum atomic E-state index is 12.3. The Morgan fingerprint density at radius 3 is 2.65 bits per heavy atom. The van der Waals surface area contributed by atoms with Gasteiger partial charge in [-0.2, -0.15) is 0 Å². The number of nitro benzene ring substituents is 1. The number of hydrogen-bond donors (Lipinski definition) is 1. The minimum atomic E-state index is -0.814. The summed E-state index contributed by atoms with van der Waals surface area (Å²) in [5.74, 6) is -1.91. The van der Waals surface area contributed by atoms with E-state index in [2.05, 4.69) is 5.32 Å². The number of nitrogens with zero attached hydrogens (tertiary/aromatic N) is 2. The van der Waals surface area contributed by atoms with Gasteiger partial charge in [-0.3, -0.25) is 29.4 Å². The van der Waals surface area contributed by atoms with E-state index in [-0.39, 0.29) is 22.7 Å². The molecular weight excluding hydrogens is 342 g/mol. The number of amides is 2. The van der Waals surface area contributed by atoms with Crippen molar-refractivity contribution in [3.8, 4) is 5.75 Å². The first-order chi connectivity index (χ1) is 12.4. The van der Waals surface area contributed by atoms with Gasteiger partial charge in [0.15, 0.2) is 0 Å². The van der Waals surface area contributed by atoms with E-state index in [1.54, 1.807) is 18.2 Å². The first-order valence-corrected chi connectivity index (χ1v) is 7.50. The van der Waals surface area contributed by atoms with E-state index in [9.17, 15) is 24.5 Å². The van der Waals surface area contributed by atoms with E-state index in [4.69, 9.17) is 4.74 Å². The molecule has 0 atom stereocenters. The highest BCUT2D eigenvalue weighted by molar-refractivity contribution is 6.52. The molecule has 0 fully saturated rings. The Morgan fingerprint density at radius 2 is 1.96 bits per heavy atom. The van der Waals surface area contributed by atoms with E-state index < -0.39 is 29.1 Å². The van der Waals surface area contributed by atoms with Gasteiger partial charge in [0.05, 0.1) is 29.4 Å². The number of hydrogen-bond acceptors (Lipinski definition) is 6. The van der Waals surface area contributed by atoms with Gasteiger partial charge in [0.25, 0.3) is 17.4 Å². The zero-order valence-corrected chi connectivity index (χ0v) is 13.6. The number of nitro groups is 1. The first kappa shape index (κ1) is 17.1. The van der Waals surface area contributed by atoms with Crippen molar-refractivity contribution in [1.29, 1.82) is 0 Å². The SMILES string of the molecule is COc1ccc(NC(=O)CN2C(=O)C(=O)c3ccccc32)c([N+](=O)[O-])c1. The van der Waals surface area contributed by atoms with Crippen molar-refractivity contribution < 1.29 is 24.0 Å². The molecule has 0 unspecified atom stereocenters. The van der Waals surface area contributed by atoms with E-state index in [0.29, 0.717) is 5.69 Å². The van der Waals surface area contributed by atoms with Crippen LogP contribution in [0.15, 0.2) is 42.5 Å². The summed E-state index contributed by atoms with van der Waals surface area (Å²) in [5, 5.41) is 13.6. The molecule has 9 heteroatoms. The van der Waals surface area contributed by atoms with Crippen molar-refractivity contribution in [1.82, 2.24) is 0 Å². The molecule has 0 spiro atoms. The number of ketones is 1. The fourth-order valence-electron chi connectivity index (χ4n) is 2.63. The second kappa shape index (κ2) is 6.63. The van der Waals surface area contributed by atoms with Crippen molar-refractivity contribution in [2.24, 2.45) is 0 Å². The molecule has 0 radical (unpaired) electrons. The fraction of sp³-hybridized carbons (Fsp3) is 0.118. The number of ether oxygens (including phenoxy) is 1. The highest BCUT2D eigenvalue weighted by atomic mass is 16.6. The molecule has 0 saturated carbocycles. The summed E-state index contributed by atoms with van der Waals surface area (Å²) in [6.07, 6.45) is 0. The standard InChI is InChI=1S/C17H13N3O6/c1-26-10-6-7-12(14(8-10)20(24)25)18-15(21)9-19-13-5-3-2-4-11(13)16(22)17(19)23/h2-8H,9H2,1H3,(H,18,21). The summed E-state index contributed by atoms with van der Waals surface area (Å²) in [5.41, 5.74) is 0.177. The smallest absolute Gasteiger partial charge is 0.299 e. The van der Waals surface area contributed by atoms with Crippen LogP contribution in [-0.4, -0.2) is 36.2 Å². The van der Waals surface area contributed by atoms with Crippen LogP contribution in [0.5, 0.6) is 5.75 Å². The molecule has 3 rings (SSSR count). The van der Waals surface area contributed by atoms with Crippen molar-refractivity contribution >= 4 is 34.7 Å². The third kappa shape index (κ3) is 2.97. The van der Waals surface area contributed by atoms with Crippen LogP contribution in [0.25, 0.3) is 0 Å². The summed E-state index contributed by atoms with van der Waals surface area (Å²) in [6, 6.07) is 10.3. The van der Waals surface area contributed by atoms with Gasteiger partial charge in [-0.15, -0.1) is 0 Å². The molecule has 0 bridgehead atoms. The molecule has 2 aromatic rings. The summed E-state index contributed by atoms with van der Waals surface area (Å²) in [7, 11) is 1.37. The highest BCUT2D eigenvalue weighted by Crippen LogP contribution is 2.30. The Balaban J connectivity index is 1.81. The first-order valence-electron chi connectivity index (χ1n) is 7.50. The molecule has 1 heterocycles. The maximum Gasteiger partial charge on any atom is 0.299 e. The summed E-state index contributed by atoms with van der Waals surface area (Å²) < 4.78 is 4.93. The predicted molar refractivity (Wildman–Crippen MR) is 91.4 cm³/mol. The Morgan fingerprint density at radius 1 is 1.23 bits per heavy atom. The number of carbonyl (C=O) groups excluding carboxylic acids is 3. The lowest BCUT2D eigenvalue weighted by molar-refractivity contribution is -0.384. The second-order valence-corrected chi connectivity index (χ2v) is 5.43. The molecular formula is C17H13N3O6. The maximum absolute atomic E-state index is 12.3. The van der Waals surface area contributed by atoms with Crippen LogP contribution in [0, 0.1) is 10.1 Å². The van der Waals surface area contributed by atoms with Gasteiger partial charge in [-0.05, 0) is 24.3 Å². The molecule has 2 aromatic carbocycles. The van der Waals surface area contributed by atoms with E-state index in [0.717, 1.165) is 4.90 Å². The molecule has 9 nitrogen and oxygen atoms in total. The van der Waals surface area contributed by atoms with Gasteiger partial charge in [0.1, 0.15) is 18.0 Å². The number of rotatable bonds is 5. The van der Waals surface area contributed by atoms with Gasteiger partial charge in [0, 0.05) is 0 Å². The lowest BCUT2D eigenvalue weighted by Crippen LogP contribution is -2.37. The zero-order chi connectivity index (χ0) is 18.8. The van der Waals surface area contributed by atoms with Crippen LogP contribution < -0.4 is 15.0 Å². The largest absolute Gasteiger partial charge is 0.496 e. The lowest BCUT2D eigenvalue weighted by Gasteiger charge is -2.16. The van der Waals surface area contributed by atoms with Gasteiger partial charge in [-0.25, -0.2) is 0 Å². The highest BCUT2D eigenvalue weighted by Gasteiger charge is 2.36. The van der Waals surface area contributed by atoms with Crippen molar-refractivity contribution in [3.63, 3.8) is 0 Å². The van der Waals surface area contributed by atoms with E-state index >= 15 is 0 Å². The normalized spacial score (nSPS) is 12.7. The van der Waals surface area contributed by atoms with Gasteiger partial charge in [-0.1, -0.05) is 12.1 Å². The number of methoxy groups -OCH3 is 1. The number of nitrogens with one attached hydrogen (secondary N) is 1. The Labute approximate surface area is 147 Å². The number of benzene rings is 2. The second-order valence-electron chi connectivity index (χ2n) is 5.43. The molecule has 0 aliphatic carbocycles. The summed E-state index contributed by atoms with van der Waals surface area (Å²) in [4.78, 5) is 47.9. The number of carbonyl (C=O) groups is 3. The fourth-order valence-corrected chi connectivity index (χ4v) is 2.63. The molecule has 2 amide bonds. The van der Waals surface area contributed by atoms with E-state index in [1.807, 2.05) is 0 Å². The number of anilines is 2. The van der Waals surface area contributed by atoms with Gasteiger partial charge < -0.3 is 10.1 Å². The Bertz CT molecular complexity index is 940. The molecule has 132 valence electrons. The Hall–Kier alpha value is -3.75. The minimum Gasteiger partial charge on any atom is -0.496 e. The quantitative estimate of drug-likeness (QED) is 0.496. The molecule has 1 aliphatic heterocycles. The average Bonchev–Trinajstić information content (AvgIpc) is 2.87. The van der Waals surface area contributed by atoms with Crippen LogP contribution in [-0.2, 0) is 9.59 Å². The molecule has 0 aromatic heterocycles.